The third-order valence-electron chi connectivity index (χ3n) is 4.87. The number of aryl methyl sites for hydroxylation is 1. The Kier molecular flexibility index (Phi) is 4.19. The highest BCUT2D eigenvalue weighted by molar-refractivity contribution is 5.32. The van der Waals surface area contributed by atoms with E-state index in [2.05, 4.69) is 41.4 Å². The van der Waals surface area contributed by atoms with Gasteiger partial charge in [0.15, 0.2) is 0 Å². The van der Waals surface area contributed by atoms with Gasteiger partial charge < -0.3 is 5.32 Å². The van der Waals surface area contributed by atoms with Crippen molar-refractivity contribution in [2.24, 2.45) is 0 Å². The molecule has 0 saturated carbocycles. The van der Waals surface area contributed by atoms with E-state index in [4.69, 9.17) is 0 Å². The summed E-state index contributed by atoms with van der Waals surface area (Å²) in [5, 5.41) is 3.68. The largest absolute Gasteiger partial charge is 0.313 e. The van der Waals surface area contributed by atoms with Crippen molar-refractivity contribution in [2.45, 2.75) is 51.1 Å². The van der Waals surface area contributed by atoms with Gasteiger partial charge in [-0.1, -0.05) is 31.2 Å². The topological polar surface area (TPSA) is 15.3 Å². The predicted molar refractivity (Wildman–Crippen MR) is 80.4 cm³/mol. The van der Waals surface area contributed by atoms with Gasteiger partial charge in [0.05, 0.1) is 0 Å². The lowest BCUT2D eigenvalue weighted by atomic mass is 9.86. The zero-order chi connectivity index (χ0) is 13.1. The molecule has 1 aliphatic carbocycles. The molecule has 0 radical (unpaired) electrons. The molecule has 1 aliphatic heterocycles. The molecule has 1 aromatic rings. The highest BCUT2D eigenvalue weighted by Crippen LogP contribution is 2.34. The molecule has 1 fully saturated rings. The fourth-order valence-electron chi connectivity index (χ4n) is 3.72. The minimum atomic E-state index is 0.669. The molecule has 3 rings (SSSR count). The van der Waals surface area contributed by atoms with Gasteiger partial charge in [0, 0.05) is 31.7 Å². The predicted octanol–water partition coefficient (Wildman–Crippen LogP) is 3.14. The van der Waals surface area contributed by atoms with Crippen LogP contribution in [0.15, 0.2) is 24.3 Å². The van der Waals surface area contributed by atoms with Gasteiger partial charge in [-0.05, 0) is 43.2 Å². The van der Waals surface area contributed by atoms with Crippen molar-refractivity contribution in [1.82, 2.24) is 10.2 Å². The summed E-state index contributed by atoms with van der Waals surface area (Å²) >= 11 is 0. The Morgan fingerprint density at radius 3 is 3.00 bits per heavy atom. The van der Waals surface area contributed by atoms with Crippen molar-refractivity contribution in [3.05, 3.63) is 35.4 Å². The maximum Gasteiger partial charge on any atom is 0.0351 e. The third-order valence-corrected chi connectivity index (χ3v) is 4.87. The van der Waals surface area contributed by atoms with E-state index in [0.717, 1.165) is 12.6 Å². The lowest BCUT2D eigenvalue weighted by Crippen LogP contribution is -2.34. The maximum absolute atomic E-state index is 3.68. The van der Waals surface area contributed by atoms with Gasteiger partial charge in [-0.3, -0.25) is 4.90 Å². The van der Waals surface area contributed by atoms with Crippen LogP contribution < -0.4 is 5.32 Å². The van der Waals surface area contributed by atoms with Crippen LogP contribution in [0, 0.1) is 0 Å². The Bertz CT molecular complexity index is 415. The highest BCUT2D eigenvalue weighted by Gasteiger charge is 2.27. The van der Waals surface area contributed by atoms with Gasteiger partial charge in [-0.25, -0.2) is 0 Å². The summed E-state index contributed by atoms with van der Waals surface area (Å²) in [6.45, 7) is 5.90. The minimum absolute atomic E-state index is 0.669. The van der Waals surface area contributed by atoms with Crippen LogP contribution in [-0.2, 0) is 6.42 Å². The molecule has 0 spiro atoms. The van der Waals surface area contributed by atoms with Gasteiger partial charge in [-0.15, -0.1) is 0 Å². The van der Waals surface area contributed by atoms with Crippen molar-refractivity contribution in [3.63, 3.8) is 0 Å². The molecule has 19 heavy (non-hydrogen) atoms. The summed E-state index contributed by atoms with van der Waals surface area (Å²) in [5.41, 5.74) is 3.19. The van der Waals surface area contributed by atoms with E-state index in [1.165, 1.54) is 45.2 Å². The molecule has 0 aromatic heterocycles. The van der Waals surface area contributed by atoms with Crippen LogP contribution in [0.2, 0.25) is 0 Å². The van der Waals surface area contributed by atoms with E-state index < -0.39 is 0 Å². The lowest BCUT2D eigenvalue weighted by Gasteiger charge is -2.35. The van der Waals surface area contributed by atoms with Crippen LogP contribution in [0.3, 0.4) is 0 Å². The van der Waals surface area contributed by atoms with E-state index in [1.807, 2.05) is 0 Å². The number of nitrogens with zero attached hydrogens (tertiary/aromatic N) is 1. The quantitative estimate of drug-likeness (QED) is 0.876. The zero-order valence-electron chi connectivity index (χ0n) is 12.1. The second-order valence-electron chi connectivity index (χ2n) is 5.99. The van der Waals surface area contributed by atoms with Gasteiger partial charge in [0.2, 0.25) is 0 Å². The van der Waals surface area contributed by atoms with E-state index in [-0.39, 0.29) is 0 Å². The van der Waals surface area contributed by atoms with Crippen LogP contribution in [0.5, 0.6) is 0 Å². The Labute approximate surface area is 117 Å². The van der Waals surface area contributed by atoms with Gasteiger partial charge in [-0.2, -0.15) is 0 Å². The summed E-state index contributed by atoms with van der Waals surface area (Å²) in [7, 11) is 0. The number of hydrogen-bond acceptors (Lipinski definition) is 2. The van der Waals surface area contributed by atoms with Gasteiger partial charge in [0.1, 0.15) is 0 Å². The number of benzene rings is 1. The third kappa shape index (κ3) is 2.85. The SMILES string of the molecule is CCC1CCN(C2CCCc3ccccc32)CCN1. The van der Waals surface area contributed by atoms with Crippen molar-refractivity contribution < 1.29 is 0 Å². The Morgan fingerprint density at radius 1 is 1.21 bits per heavy atom. The van der Waals surface area contributed by atoms with Gasteiger partial charge in [0.25, 0.3) is 0 Å². The molecule has 0 amide bonds. The Morgan fingerprint density at radius 2 is 2.11 bits per heavy atom. The molecule has 1 aromatic carbocycles. The normalized spacial score (nSPS) is 28.7. The molecule has 1 heterocycles. The molecule has 1 saturated heterocycles. The fourth-order valence-corrected chi connectivity index (χ4v) is 3.72. The Balaban J connectivity index is 1.76. The average molecular weight is 258 g/mol. The number of hydrogen-bond donors (Lipinski definition) is 1. The number of nitrogens with one attached hydrogen (secondary N) is 1. The second-order valence-corrected chi connectivity index (χ2v) is 5.99. The van der Waals surface area contributed by atoms with Crippen molar-refractivity contribution in [1.29, 1.82) is 0 Å². The number of fused-ring (bicyclic) bond motifs is 1. The van der Waals surface area contributed by atoms with Crippen molar-refractivity contribution in [3.8, 4) is 0 Å². The van der Waals surface area contributed by atoms with Crippen LogP contribution in [0.1, 0.15) is 49.8 Å². The molecule has 2 unspecified atom stereocenters. The van der Waals surface area contributed by atoms with E-state index in [1.54, 1.807) is 11.1 Å². The summed E-state index contributed by atoms with van der Waals surface area (Å²) in [5.74, 6) is 0. The number of rotatable bonds is 2. The fraction of sp³-hybridized carbons (Fsp3) is 0.647. The van der Waals surface area contributed by atoms with Gasteiger partial charge >= 0.3 is 0 Å². The minimum Gasteiger partial charge on any atom is -0.313 e. The van der Waals surface area contributed by atoms with Crippen LogP contribution >= 0.6 is 0 Å². The first-order valence-electron chi connectivity index (χ1n) is 7.93. The Hall–Kier alpha value is -0.860. The summed E-state index contributed by atoms with van der Waals surface area (Å²) in [4.78, 5) is 2.72. The van der Waals surface area contributed by atoms with E-state index >= 15 is 0 Å². The molecule has 1 N–H and O–H groups in total. The summed E-state index contributed by atoms with van der Waals surface area (Å²) in [6.07, 6.45) is 6.53. The summed E-state index contributed by atoms with van der Waals surface area (Å²) < 4.78 is 0. The molecular weight excluding hydrogens is 232 g/mol. The molecule has 2 heteroatoms. The lowest BCUT2D eigenvalue weighted by molar-refractivity contribution is 0.189. The van der Waals surface area contributed by atoms with Crippen molar-refractivity contribution >= 4 is 0 Å². The molecule has 2 atom stereocenters. The van der Waals surface area contributed by atoms with E-state index in [0.29, 0.717) is 6.04 Å². The van der Waals surface area contributed by atoms with Crippen molar-refractivity contribution in [2.75, 3.05) is 19.6 Å². The molecular formula is C17H26N2. The second kappa shape index (κ2) is 6.06. The van der Waals surface area contributed by atoms with Crippen LogP contribution in [0.25, 0.3) is 0 Å². The first kappa shape index (κ1) is 13.1. The van der Waals surface area contributed by atoms with Crippen LogP contribution in [0.4, 0.5) is 0 Å². The smallest absolute Gasteiger partial charge is 0.0351 e. The first-order chi connectivity index (χ1) is 9.38. The molecule has 2 nitrogen and oxygen atoms in total. The maximum atomic E-state index is 3.68. The first-order valence-corrected chi connectivity index (χ1v) is 7.93. The molecule has 2 aliphatic rings. The highest BCUT2D eigenvalue weighted by atomic mass is 15.2. The monoisotopic (exact) mass is 258 g/mol. The average Bonchev–Trinajstić information content (AvgIpc) is 2.72. The molecule has 0 bridgehead atoms. The zero-order valence-corrected chi connectivity index (χ0v) is 12.1. The van der Waals surface area contributed by atoms with Crippen LogP contribution in [-0.4, -0.2) is 30.6 Å². The van der Waals surface area contributed by atoms with E-state index in [9.17, 15) is 0 Å². The summed E-state index contributed by atoms with van der Waals surface area (Å²) in [6, 6.07) is 10.5. The molecule has 104 valence electrons. The standard InChI is InChI=1S/C17H26N2/c1-2-15-10-12-19(13-11-18-15)17-9-5-7-14-6-3-4-8-16(14)17/h3-4,6,8,15,17-18H,2,5,7,9-13H2,1H3.